The van der Waals surface area contributed by atoms with Crippen LogP contribution in [0.15, 0.2) is 4.79 Å². The molecular weight excluding hydrogens is 330 g/mol. The Balaban J connectivity index is 2.30. The van der Waals surface area contributed by atoms with E-state index in [9.17, 15) is 19.5 Å². The number of fused-ring (bicyclic) bond motifs is 3. The second-order valence-electron chi connectivity index (χ2n) is 6.24. The lowest BCUT2D eigenvalue weighted by molar-refractivity contribution is -0.138. The number of carbonyl (C=O) groups is 2. The van der Waals surface area contributed by atoms with Crippen LogP contribution < -0.4 is 10.9 Å². The van der Waals surface area contributed by atoms with E-state index in [1.54, 1.807) is 0 Å². The van der Waals surface area contributed by atoms with Crippen molar-refractivity contribution in [3.63, 3.8) is 0 Å². The fourth-order valence-corrected chi connectivity index (χ4v) is 4.45. The third-order valence-electron chi connectivity index (χ3n) is 4.36. The summed E-state index contributed by atoms with van der Waals surface area (Å²) in [5.74, 6) is -1.36. The van der Waals surface area contributed by atoms with Gasteiger partial charge in [0.25, 0.3) is 5.56 Å². The van der Waals surface area contributed by atoms with E-state index in [1.165, 1.54) is 23.0 Å². The molecule has 24 heavy (non-hydrogen) atoms. The number of hydrogen-bond acceptors (Lipinski definition) is 5. The summed E-state index contributed by atoms with van der Waals surface area (Å²) < 4.78 is 1.37. The summed E-state index contributed by atoms with van der Waals surface area (Å²) in [6.07, 6.45) is 1.16. The van der Waals surface area contributed by atoms with Crippen molar-refractivity contribution in [2.24, 2.45) is 0 Å². The van der Waals surface area contributed by atoms with E-state index in [0.29, 0.717) is 34.4 Å². The Morgan fingerprint density at radius 3 is 2.75 bits per heavy atom. The van der Waals surface area contributed by atoms with Gasteiger partial charge < -0.3 is 10.4 Å². The third-order valence-corrected chi connectivity index (χ3v) is 5.52. The van der Waals surface area contributed by atoms with E-state index in [4.69, 9.17) is 0 Å². The number of hydrogen-bond donors (Lipinski definition) is 2. The minimum absolute atomic E-state index is 0.0287. The summed E-state index contributed by atoms with van der Waals surface area (Å²) in [6, 6.07) is 0. The van der Waals surface area contributed by atoms with E-state index < -0.39 is 11.9 Å². The van der Waals surface area contributed by atoms with E-state index in [0.717, 1.165) is 4.88 Å². The number of carboxylic acid groups (broad SMARTS) is 1. The molecule has 1 unspecified atom stereocenters. The Labute approximate surface area is 142 Å². The predicted molar refractivity (Wildman–Crippen MR) is 90.7 cm³/mol. The maximum atomic E-state index is 13.1. The van der Waals surface area contributed by atoms with Gasteiger partial charge in [-0.25, -0.2) is 4.98 Å². The molecule has 3 rings (SSSR count). The number of thiophene rings is 1. The fraction of sp³-hybridized carbons (Fsp3) is 0.500. The Bertz CT molecular complexity index is 897. The zero-order valence-electron chi connectivity index (χ0n) is 13.8. The lowest BCUT2D eigenvalue weighted by Crippen LogP contribution is -2.33. The number of carboxylic acids is 1. The Morgan fingerprint density at radius 1 is 1.46 bits per heavy atom. The van der Waals surface area contributed by atoms with Crippen molar-refractivity contribution in [3.05, 3.63) is 26.6 Å². The van der Waals surface area contributed by atoms with Crippen LogP contribution in [0.2, 0.25) is 0 Å². The van der Waals surface area contributed by atoms with Gasteiger partial charge >= 0.3 is 5.97 Å². The van der Waals surface area contributed by atoms with Crippen LogP contribution in [-0.4, -0.2) is 33.6 Å². The number of aliphatic carboxylic acids is 1. The molecular formula is C16H19N3O4S. The van der Waals surface area contributed by atoms with Crippen LogP contribution in [0.25, 0.3) is 10.2 Å². The quantitative estimate of drug-likeness (QED) is 0.870. The molecule has 1 aliphatic rings. The molecule has 1 aliphatic carbocycles. The number of aromatic nitrogens is 2. The largest absolute Gasteiger partial charge is 0.481 e. The molecule has 1 atom stereocenters. The fourth-order valence-electron chi connectivity index (χ4n) is 3.20. The number of aryl methyl sites for hydroxylation is 1. The van der Waals surface area contributed by atoms with Crippen molar-refractivity contribution in [3.8, 4) is 0 Å². The van der Waals surface area contributed by atoms with Gasteiger partial charge in [-0.2, -0.15) is 0 Å². The minimum atomic E-state index is -0.918. The smallest absolute Gasteiger partial charge is 0.311 e. The van der Waals surface area contributed by atoms with Crippen molar-refractivity contribution in [1.82, 2.24) is 14.9 Å². The van der Waals surface area contributed by atoms with Crippen LogP contribution in [0.1, 0.15) is 48.4 Å². The van der Waals surface area contributed by atoms with Crippen LogP contribution in [-0.2, 0) is 22.6 Å². The molecule has 1 amide bonds. The van der Waals surface area contributed by atoms with E-state index >= 15 is 0 Å². The topological polar surface area (TPSA) is 101 Å². The van der Waals surface area contributed by atoms with Gasteiger partial charge in [0.15, 0.2) is 0 Å². The van der Waals surface area contributed by atoms with Gasteiger partial charge in [0, 0.05) is 17.8 Å². The molecule has 2 aromatic heterocycles. The first-order valence-electron chi connectivity index (χ1n) is 7.84. The highest BCUT2D eigenvalue weighted by atomic mass is 32.1. The molecule has 8 heteroatoms. The average molecular weight is 349 g/mol. The summed E-state index contributed by atoms with van der Waals surface area (Å²) in [4.78, 5) is 42.5. The van der Waals surface area contributed by atoms with Crippen molar-refractivity contribution < 1.29 is 14.7 Å². The van der Waals surface area contributed by atoms with Crippen LogP contribution in [0.5, 0.6) is 0 Å². The average Bonchev–Trinajstić information content (AvgIpc) is 3.07. The molecule has 0 fully saturated rings. The van der Waals surface area contributed by atoms with Gasteiger partial charge in [-0.15, -0.1) is 11.3 Å². The second kappa shape index (κ2) is 6.01. The minimum Gasteiger partial charge on any atom is -0.481 e. The molecule has 128 valence electrons. The molecule has 2 heterocycles. The van der Waals surface area contributed by atoms with Gasteiger partial charge in [-0.1, -0.05) is 13.8 Å². The van der Waals surface area contributed by atoms with E-state index in [2.05, 4.69) is 10.3 Å². The summed E-state index contributed by atoms with van der Waals surface area (Å²) in [5.41, 5.74) is 0.277. The molecule has 0 spiro atoms. The Kier molecular flexibility index (Phi) is 4.16. The van der Waals surface area contributed by atoms with Crippen molar-refractivity contribution in [2.45, 2.75) is 45.1 Å². The van der Waals surface area contributed by atoms with E-state index in [1.807, 2.05) is 13.8 Å². The number of likely N-dealkylation sites (N-methyl/N-ethyl adjacent to an activating group) is 1. The van der Waals surface area contributed by atoms with Gasteiger partial charge in [0.05, 0.1) is 11.3 Å². The molecule has 0 bridgehead atoms. The number of carbonyl (C=O) groups excluding carboxylic acids is 1. The third kappa shape index (κ3) is 2.50. The highest BCUT2D eigenvalue weighted by Gasteiger charge is 2.34. The van der Waals surface area contributed by atoms with Crippen LogP contribution in [0, 0.1) is 0 Å². The van der Waals surface area contributed by atoms with Crippen LogP contribution >= 0.6 is 11.3 Å². The number of amides is 1. The number of nitrogens with zero attached hydrogens (tertiary/aromatic N) is 2. The molecule has 0 aliphatic heterocycles. The van der Waals surface area contributed by atoms with Crippen molar-refractivity contribution >= 4 is 33.4 Å². The van der Waals surface area contributed by atoms with Gasteiger partial charge in [-0.3, -0.25) is 19.0 Å². The summed E-state index contributed by atoms with van der Waals surface area (Å²) in [5, 5.41) is 12.3. The first-order valence-corrected chi connectivity index (χ1v) is 8.66. The molecule has 0 saturated heterocycles. The summed E-state index contributed by atoms with van der Waals surface area (Å²) in [7, 11) is 1.51. The molecule has 0 radical (unpaired) electrons. The van der Waals surface area contributed by atoms with Gasteiger partial charge in [0.1, 0.15) is 17.2 Å². The van der Waals surface area contributed by atoms with Gasteiger partial charge in [0.2, 0.25) is 5.91 Å². The lowest BCUT2D eigenvalue weighted by Gasteiger charge is -2.15. The zero-order valence-corrected chi connectivity index (χ0v) is 14.6. The zero-order chi connectivity index (χ0) is 17.6. The van der Waals surface area contributed by atoms with Crippen molar-refractivity contribution in [1.29, 1.82) is 0 Å². The normalized spacial score (nSPS) is 16.6. The monoisotopic (exact) mass is 349 g/mol. The summed E-state index contributed by atoms with van der Waals surface area (Å²) in [6.45, 7) is 3.71. The highest BCUT2D eigenvalue weighted by molar-refractivity contribution is 7.18. The van der Waals surface area contributed by atoms with Crippen LogP contribution in [0.4, 0.5) is 0 Å². The molecule has 0 saturated carbocycles. The Hall–Kier alpha value is -2.22. The first kappa shape index (κ1) is 16.6. The first-order chi connectivity index (χ1) is 11.3. The SMILES string of the molecule is CNC(=O)Cn1c(C(C)C)nc2sc3c(c2c1=O)C(C(=O)O)CC3. The summed E-state index contributed by atoms with van der Waals surface area (Å²) >= 11 is 1.40. The van der Waals surface area contributed by atoms with Crippen molar-refractivity contribution in [2.75, 3.05) is 7.05 Å². The highest BCUT2D eigenvalue weighted by Crippen LogP contribution is 2.42. The number of nitrogens with one attached hydrogen (secondary N) is 1. The predicted octanol–water partition coefficient (Wildman–Crippen LogP) is 1.44. The van der Waals surface area contributed by atoms with E-state index in [-0.39, 0.29) is 23.9 Å². The number of rotatable bonds is 4. The standard InChI is InChI=1S/C16H19N3O4S/c1-7(2)13-18-14-12(15(21)19(13)6-10(20)17-3)11-8(16(22)23)4-5-9(11)24-14/h7-8H,4-6H2,1-3H3,(H,17,20)(H,22,23). The van der Waals surface area contributed by atoms with Gasteiger partial charge in [-0.05, 0) is 18.4 Å². The lowest BCUT2D eigenvalue weighted by atomic mass is 10.0. The molecule has 2 N–H and O–H groups in total. The molecule has 0 aromatic carbocycles. The van der Waals surface area contributed by atoms with Crippen LogP contribution in [0.3, 0.4) is 0 Å². The maximum absolute atomic E-state index is 13.1. The Morgan fingerprint density at radius 2 is 2.17 bits per heavy atom. The second-order valence-corrected chi connectivity index (χ2v) is 7.32. The molecule has 2 aromatic rings. The molecule has 7 nitrogen and oxygen atoms in total. The maximum Gasteiger partial charge on any atom is 0.311 e.